The van der Waals surface area contributed by atoms with Gasteiger partial charge < -0.3 is 9.80 Å². The second kappa shape index (κ2) is 10.9. The SMILES string of the molecule is CCC.CCN1CCN(c2ncnc3c2CCN(C(C)c2cccc(C)c2)C3)CC1. The molecule has 2 aromatic rings. The number of rotatable bonds is 4. The fourth-order valence-corrected chi connectivity index (χ4v) is 4.38. The van der Waals surface area contributed by atoms with Gasteiger partial charge in [-0.25, -0.2) is 9.97 Å². The summed E-state index contributed by atoms with van der Waals surface area (Å²) in [6.45, 7) is 18.5. The summed E-state index contributed by atoms with van der Waals surface area (Å²) in [6, 6.07) is 9.28. The molecule has 1 aromatic carbocycles. The Morgan fingerprint density at radius 3 is 2.40 bits per heavy atom. The monoisotopic (exact) mass is 409 g/mol. The van der Waals surface area contributed by atoms with Crippen molar-refractivity contribution in [1.29, 1.82) is 0 Å². The third-order valence-corrected chi connectivity index (χ3v) is 6.21. The number of likely N-dealkylation sites (N-methyl/N-ethyl adjacent to an activating group) is 1. The van der Waals surface area contributed by atoms with Crippen LogP contribution in [0, 0.1) is 6.92 Å². The molecular weight excluding hydrogens is 370 g/mol. The highest BCUT2D eigenvalue weighted by atomic mass is 15.3. The second-order valence-corrected chi connectivity index (χ2v) is 8.56. The van der Waals surface area contributed by atoms with E-state index in [9.17, 15) is 0 Å². The average Bonchev–Trinajstić information content (AvgIpc) is 2.78. The molecule has 1 fully saturated rings. The highest BCUT2D eigenvalue weighted by molar-refractivity contribution is 5.50. The van der Waals surface area contributed by atoms with Crippen molar-refractivity contribution in [2.24, 2.45) is 0 Å². The largest absolute Gasteiger partial charge is 0.354 e. The van der Waals surface area contributed by atoms with Crippen molar-refractivity contribution in [3.8, 4) is 0 Å². The number of hydrogen-bond acceptors (Lipinski definition) is 5. The Balaban J connectivity index is 0.000000806. The van der Waals surface area contributed by atoms with Gasteiger partial charge in [0.1, 0.15) is 12.1 Å². The van der Waals surface area contributed by atoms with Crippen LogP contribution in [-0.2, 0) is 13.0 Å². The molecule has 5 heteroatoms. The van der Waals surface area contributed by atoms with Crippen LogP contribution in [0.4, 0.5) is 5.82 Å². The van der Waals surface area contributed by atoms with E-state index in [2.05, 4.69) is 83.6 Å². The lowest BCUT2D eigenvalue weighted by atomic mass is 9.99. The molecule has 0 radical (unpaired) electrons. The van der Waals surface area contributed by atoms with Crippen molar-refractivity contribution >= 4 is 5.82 Å². The van der Waals surface area contributed by atoms with Crippen molar-refractivity contribution in [3.63, 3.8) is 0 Å². The van der Waals surface area contributed by atoms with E-state index in [1.165, 1.54) is 34.6 Å². The van der Waals surface area contributed by atoms with Gasteiger partial charge >= 0.3 is 0 Å². The van der Waals surface area contributed by atoms with E-state index < -0.39 is 0 Å². The first-order valence-corrected chi connectivity index (χ1v) is 11.7. The van der Waals surface area contributed by atoms with Crippen LogP contribution < -0.4 is 4.90 Å². The lowest BCUT2D eigenvalue weighted by Crippen LogP contribution is -2.47. The van der Waals surface area contributed by atoms with E-state index in [0.717, 1.165) is 52.2 Å². The molecule has 4 rings (SSSR count). The maximum Gasteiger partial charge on any atom is 0.135 e. The molecule has 0 amide bonds. The van der Waals surface area contributed by atoms with Gasteiger partial charge in [-0.05, 0) is 32.4 Å². The van der Waals surface area contributed by atoms with Crippen molar-refractivity contribution in [2.45, 2.75) is 60.0 Å². The fraction of sp³-hybridized carbons (Fsp3) is 0.600. The van der Waals surface area contributed by atoms with Gasteiger partial charge in [0.25, 0.3) is 0 Å². The normalized spacial score (nSPS) is 18.4. The lowest BCUT2D eigenvalue weighted by molar-refractivity contribution is 0.188. The van der Waals surface area contributed by atoms with Crippen molar-refractivity contribution in [3.05, 3.63) is 53.0 Å². The number of aromatic nitrogens is 2. The number of piperazine rings is 1. The minimum atomic E-state index is 0.407. The molecule has 5 nitrogen and oxygen atoms in total. The van der Waals surface area contributed by atoms with E-state index in [1.54, 1.807) is 6.33 Å². The zero-order chi connectivity index (χ0) is 21.5. The number of benzene rings is 1. The van der Waals surface area contributed by atoms with Gasteiger partial charge in [-0.3, -0.25) is 4.90 Å². The summed E-state index contributed by atoms with van der Waals surface area (Å²) in [6.07, 6.45) is 4.05. The summed E-state index contributed by atoms with van der Waals surface area (Å²) in [5, 5.41) is 0. The number of hydrogen-bond donors (Lipinski definition) is 0. The van der Waals surface area contributed by atoms with Gasteiger partial charge in [0.05, 0.1) is 5.69 Å². The third-order valence-electron chi connectivity index (χ3n) is 6.21. The molecule has 2 aliphatic heterocycles. The first kappa shape index (κ1) is 22.7. The summed E-state index contributed by atoms with van der Waals surface area (Å²) in [5.41, 5.74) is 5.30. The van der Waals surface area contributed by atoms with Crippen LogP contribution in [0.5, 0.6) is 0 Å². The molecule has 0 aliphatic carbocycles. The Hall–Kier alpha value is -1.98. The van der Waals surface area contributed by atoms with Crippen molar-refractivity contribution in [1.82, 2.24) is 19.8 Å². The van der Waals surface area contributed by atoms with E-state index in [1.807, 2.05) is 0 Å². The summed E-state index contributed by atoms with van der Waals surface area (Å²) >= 11 is 0. The molecule has 164 valence electrons. The maximum atomic E-state index is 4.68. The second-order valence-electron chi connectivity index (χ2n) is 8.56. The van der Waals surface area contributed by atoms with Crippen LogP contribution >= 0.6 is 0 Å². The van der Waals surface area contributed by atoms with Gasteiger partial charge in [-0.15, -0.1) is 0 Å². The summed E-state index contributed by atoms with van der Waals surface area (Å²) in [4.78, 5) is 16.9. The Kier molecular flexibility index (Phi) is 8.23. The van der Waals surface area contributed by atoms with Gasteiger partial charge in [-0.1, -0.05) is 57.0 Å². The summed E-state index contributed by atoms with van der Waals surface area (Å²) in [5.74, 6) is 1.18. The summed E-state index contributed by atoms with van der Waals surface area (Å²) < 4.78 is 0. The van der Waals surface area contributed by atoms with Crippen LogP contribution in [0.15, 0.2) is 30.6 Å². The molecule has 3 heterocycles. The number of anilines is 1. The van der Waals surface area contributed by atoms with Gasteiger partial charge in [0.2, 0.25) is 0 Å². The number of fused-ring (bicyclic) bond motifs is 1. The lowest BCUT2D eigenvalue weighted by Gasteiger charge is -2.38. The van der Waals surface area contributed by atoms with Crippen LogP contribution in [0.1, 0.15) is 62.5 Å². The first-order chi connectivity index (χ1) is 14.6. The minimum absolute atomic E-state index is 0.407. The topological polar surface area (TPSA) is 35.5 Å². The van der Waals surface area contributed by atoms with E-state index in [4.69, 9.17) is 0 Å². The smallest absolute Gasteiger partial charge is 0.135 e. The Morgan fingerprint density at radius 1 is 1.00 bits per heavy atom. The van der Waals surface area contributed by atoms with Crippen molar-refractivity contribution < 1.29 is 0 Å². The van der Waals surface area contributed by atoms with Gasteiger partial charge in [0.15, 0.2) is 0 Å². The number of aryl methyl sites for hydroxylation is 1. The molecule has 0 N–H and O–H groups in total. The zero-order valence-electron chi connectivity index (χ0n) is 19.6. The Labute approximate surface area is 183 Å². The average molecular weight is 410 g/mol. The molecule has 30 heavy (non-hydrogen) atoms. The number of nitrogens with zero attached hydrogens (tertiary/aromatic N) is 5. The van der Waals surface area contributed by atoms with Crippen LogP contribution in [-0.4, -0.2) is 59.0 Å². The highest BCUT2D eigenvalue weighted by Crippen LogP contribution is 2.31. The molecule has 1 atom stereocenters. The molecule has 1 saturated heterocycles. The first-order valence-electron chi connectivity index (χ1n) is 11.7. The molecule has 2 aliphatic rings. The molecular formula is C25H39N5. The Bertz CT molecular complexity index is 798. The molecule has 0 spiro atoms. The third kappa shape index (κ3) is 5.38. The van der Waals surface area contributed by atoms with Gasteiger partial charge in [0, 0.05) is 50.9 Å². The van der Waals surface area contributed by atoms with Crippen LogP contribution in [0.2, 0.25) is 0 Å². The fourth-order valence-electron chi connectivity index (χ4n) is 4.38. The van der Waals surface area contributed by atoms with E-state index in [0.29, 0.717) is 6.04 Å². The zero-order valence-corrected chi connectivity index (χ0v) is 19.6. The standard InChI is InChI=1S/C22H31N5.C3H8/c1-4-25-10-12-26(13-11-25)22-20-8-9-27(15-21(20)23-16-24-22)18(3)19-7-5-6-17(2)14-19;1-3-2/h5-7,14,16,18H,4,8-13,15H2,1-3H3;3H2,1-2H3. The van der Waals surface area contributed by atoms with Crippen LogP contribution in [0.3, 0.4) is 0 Å². The highest BCUT2D eigenvalue weighted by Gasteiger charge is 2.27. The van der Waals surface area contributed by atoms with Crippen molar-refractivity contribution in [2.75, 3.05) is 44.2 Å². The maximum absolute atomic E-state index is 4.68. The van der Waals surface area contributed by atoms with Gasteiger partial charge in [-0.2, -0.15) is 0 Å². The van der Waals surface area contributed by atoms with E-state index >= 15 is 0 Å². The molecule has 0 saturated carbocycles. The van der Waals surface area contributed by atoms with Crippen LogP contribution in [0.25, 0.3) is 0 Å². The molecule has 0 bridgehead atoms. The molecule has 1 unspecified atom stereocenters. The quantitative estimate of drug-likeness (QED) is 0.745. The molecule has 1 aromatic heterocycles. The van der Waals surface area contributed by atoms with E-state index in [-0.39, 0.29) is 0 Å². The Morgan fingerprint density at radius 2 is 1.73 bits per heavy atom. The summed E-state index contributed by atoms with van der Waals surface area (Å²) in [7, 11) is 0. The minimum Gasteiger partial charge on any atom is -0.354 e. The predicted molar refractivity (Wildman–Crippen MR) is 126 cm³/mol. The predicted octanol–water partition coefficient (Wildman–Crippen LogP) is 4.46.